The van der Waals surface area contributed by atoms with Crippen LogP contribution in [0, 0.1) is 0 Å². The third-order valence-electron chi connectivity index (χ3n) is 4.36. The number of fused-ring (bicyclic) bond motifs is 1. The first-order chi connectivity index (χ1) is 13.5. The van der Waals surface area contributed by atoms with Crippen LogP contribution in [0.3, 0.4) is 0 Å². The zero-order valence-corrected chi connectivity index (χ0v) is 18.1. The number of amides is 1. The molecule has 0 aliphatic carbocycles. The average Bonchev–Trinajstić information content (AvgIpc) is 3.35. The minimum Gasteiger partial charge on any atom is -0.376 e. The van der Waals surface area contributed by atoms with E-state index in [0.29, 0.717) is 18.3 Å². The normalized spacial score (nSPS) is 16.6. The lowest BCUT2D eigenvalue weighted by molar-refractivity contribution is 0.0913. The molecule has 0 N–H and O–H groups in total. The maximum absolute atomic E-state index is 13.4. The van der Waals surface area contributed by atoms with Crippen molar-refractivity contribution >= 4 is 79.0 Å². The van der Waals surface area contributed by atoms with Crippen molar-refractivity contribution in [1.82, 2.24) is 9.97 Å². The number of pyridine rings is 1. The summed E-state index contributed by atoms with van der Waals surface area (Å²) in [4.78, 5) is 23.6. The fraction of sp³-hybridized carbons (Fsp3) is 0.278. The molecule has 0 bridgehead atoms. The van der Waals surface area contributed by atoms with E-state index in [1.165, 1.54) is 16.2 Å². The number of carbonyl (C=O) groups is 1. The Hall–Kier alpha value is -1.15. The van der Waals surface area contributed by atoms with Crippen molar-refractivity contribution in [2.24, 2.45) is 0 Å². The molecular weight excluding hydrogens is 464 g/mol. The highest BCUT2D eigenvalue weighted by molar-refractivity contribution is 7.22. The number of thiazole rings is 1. The number of nitrogens with zero attached hydrogens (tertiary/aromatic N) is 3. The van der Waals surface area contributed by atoms with Gasteiger partial charge in [0.2, 0.25) is 0 Å². The van der Waals surface area contributed by atoms with E-state index in [0.717, 1.165) is 23.1 Å². The van der Waals surface area contributed by atoms with Crippen LogP contribution >= 0.6 is 57.7 Å². The summed E-state index contributed by atoms with van der Waals surface area (Å²) in [5.41, 5.74) is 0.734. The first kappa shape index (κ1) is 20.1. The van der Waals surface area contributed by atoms with Crippen LogP contribution in [0.4, 0.5) is 5.13 Å². The molecule has 28 heavy (non-hydrogen) atoms. The van der Waals surface area contributed by atoms with Crippen molar-refractivity contribution < 1.29 is 9.53 Å². The zero-order chi connectivity index (χ0) is 19.8. The molecule has 3 aromatic rings. The van der Waals surface area contributed by atoms with E-state index >= 15 is 0 Å². The molecule has 0 saturated carbocycles. The number of para-hydroxylation sites is 1. The third-order valence-corrected chi connectivity index (χ3v) is 7.09. The summed E-state index contributed by atoms with van der Waals surface area (Å²) in [5, 5.41) is 0.408. The molecule has 0 radical (unpaired) electrons. The predicted octanol–water partition coefficient (Wildman–Crippen LogP) is 6.13. The standard InChI is InChI=1S/C18H13Cl4N3O2S/c19-12-13(20)15(24-16(22)14(12)21)17(26)25(8-9-4-3-7-27-9)18-23-10-5-1-2-6-11(10)28-18/h1-2,5-6,9H,3-4,7-8H2/t9-/m1/s1. The SMILES string of the molecule is O=C(c1nc(Cl)c(Cl)c(Cl)c1Cl)N(C[C@H]1CCCO1)c1nc2ccccc2s1. The van der Waals surface area contributed by atoms with Gasteiger partial charge in [-0.1, -0.05) is 69.9 Å². The molecule has 4 rings (SSSR count). The lowest BCUT2D eigenvalue weighted by Gasteiger charge is -2.23. The Balaban J connectivity index is 1.77. The molecule has 1 fully saturated rings. The van der Waals surface area contributed by atoms with Gasteiger partial charge in [-0.15, -0.1) is 0 Å². The zero-order valence-electron chi connectivity index (χ0n) is 14.3. The van der Waals surface area contributed by atoms with Crippen molar-refractivity contribution in [2.75, 3.05) is 18.1 Å². The molecule has 1 aliphatic heterocycles. The molecule has 2 aromatic heterocycles. The van der Waals surface area contributed by atoms with E-state index < -0.39 is 5.91 Å². The van der Waals surface area contributed by atoms with E-state index in [-0.39, 0.29) is 32.0 Å². The number of hydrogen-bond donors (Lipinski definition) is 0. The first-order valence-corrected chi connectivity index (χ1v) is 10.8. The molecule has 146 valence electrons. The molecule has 1 aromatic carbocycles. The van der Waals surface area contributed by atoms with E-state index in [1.807, 2.05) is 24.3 Å². The van der Waals surface area contributed by atoms with E-state index in [1.54, 1.807) is 0 Å². The fourth-order valence-corrected chi connectivity index (χ4v) is 4.75. The topological polar surface area (TPSA) is 55.3 Å². The van der Waals surface area contributed by atoms with Gasteiger partial charge in [-0.2, -0.15) is 0 Å². The van der Waals surface area contributed by atoms with Gasteiger partial charge >= 0.3 is 0 Å². The maximum Gasteiger partial charge on any atom is 0.280 e. The summed E-state index contributed by atoms with van der Waals surface area (Å²) >= 11 is 25.8. The molecule has 0 spiro atoms. The molecule has 1 aliphatic rings. The second-order valence-electron chi connectivity index (χ2n) is 6.21. The molecular formula is C18H13Cl4N3O2S. The van der Waals surface area contributed by atoms with Gasteiger partial charge < -0.3 is 4.74 Å². The number of rotatable bonds is 4. The smallest absolute Gasteiger partial charge is 0.280 e. The number of hydrogen-bond acceptors (Lipinski definition) is 5. The quantitative estimate of drug-likeness (QED) is 0.425. The Morgan fingerprint density at radius 3 is 2.64 bits per heavy atom. The van der Waals surface area contributed by atoms with Crippen molar-refractivity contribution in [3.63, 3.8) is 0 Å². The Kier molecular flexibility index (Phi) is 5.97. The van der Waals surface area contributed by atoms with Crippen molar-refractivity contribution in [2.45, 2.75) is 18.9 Å². The highest BCUT2D eigenvalue weighted by Gasteiger charge is 2.30. The minimum atomic E-state index is -0.458. The molecule has 10 heteroatoms. The Morgan fingerprint density at radius 1 is 1.14 bits per heavy atom. The maximum atomic E-state index is 13.4. The van der Waals surface area contributed by atoms with Crippen LogP contribution < -0.4 is 4.90 Å². The molecule has 3 heterocycles. The van der Waals surface area contributed by atoms with Crippen LogP contribution in [0.5, 0.6) is 0 Å². The summed E-state index contributed by atoms with van der Waals surface area (Å²) in [7, 11) is 0. The van der Waals surface area contributed by atoms with Gasteiger partial charge in [0.05, 0.1) is 37.9 Å². The monoisotopic (exact) mass is 475 g/mol. The lowest BCUT2D eigenvalue weighted by Crippen LogP contribution is -2.38. The lowest BCUT2D eigenvalue weighted by atomic mass is 10.2. The van der Waals surface area contributed by atoms with Gasteiger partial charge in [0.1, 0.15) is 5.15 Å². The van der Waals surface area contributed by atoms with Crippen LogP contribution in [0.1, 0.15) is 23.3 Å². The number of halogens is 4. The molecule has 1 atom stereocenters. The Morgan fingerprint density at radius 2 is 1.93 bits per heavy atom. The van der Waals surface area contributed by atoms with E-state index in [4.69, 9.17) is 51.1 Å². The van der Waals surface area contributed by atoms with Gasteiger partial charge in [-0.05, 0) is 25.0 Å². The molecule has 1 saturated heterocycles. The van der Waals surface area contributed by atoms with Crippen LogP contribution in [0.2, 0.25) is 20.2 Å². The second-order valence-corrected chi connectivity index (χ2v) is 8.71. The number of anilines is 1. The minimum absolute atomic E-state index is 0.00644. The van der Waals surface area contributed by atoms with Gasteiger partial charge in [0, 0.05) is 6.61 Å². The largest absolute Gasteiger partial charge is 0.376 e. The van der Waals surface area contributed by atoms with E-state index in [9.17, 15) is 4.79 Å². The number of ether oxygens (including phenoxy) is 1. The summed E-state index contributed by atoms with van der Waals surface area (Å²) in [6.07, 6.45) is 1.72. The summed E-state index contributed by atoms with van der Waals surface area (Å²) in [5.74, 6) is -0.458. The van der Waals surface area contributed by atoms with Gasteiger partial charge in [-0.3, -0.25) is 9.69 Å². The summed E-state index contributed by atoms with van der Waals surface area (Å²) in [6, 6.07) is 7.67. The molecule has 1 amide bonds. The Bertz CT molecular complexity index is 1020. The van der Waals surface area contributed by atoms with Crippen molar-refractivity contribution in [1.29, 1.82) is 0 Å². The molecule has 0 unspecified atom stereocenters. The number of aromatic nitrogens is 2. The van der Waals surface area contributed by atoms with Crippen molar-refractivity contribution in [3.8, 4) is 0 Å². The third kappa shape index (κ3) is 3.82. The second kappa shape index (κ2) is 8.30. The van der Waals surface area contributed by atoms with Crippen LogP contribution in [0.25, 0.3) is 10.2 Å². The van der Waals surface area contributed by atoms with E-state index in [2.05, 4.69) is 9.97 Å². The number of benzene rings is 1. The van der Waals surface area contributed by atoms with Crippen LogP contribution in [0.15, 0.2) is 24.3 Å². The van der Waals surface area contributed by atoms with Gasteiger partial charge in [0.25, 0.3) is 5.91 Å². The fourth-order valence-electron chi connectivity index (χ4n) is 2.97. The van der Waals surface area contributed by atoms with Gasteiger partial charge in [0.15, 0.2) is 10.8 Å². The predicted molar refractivity (Wildman–Crippen MR) is 115 cm³/mol. The highest BCUT2D eigenvalue weighted by atomic mass is 35.5. The number of carbonyl (C=O) groups excluding carboxylic acids is 1. The Labute approximate surface area is 185 Å². The van der Waals surface area contributed by atoms with Gasteiger partial charge in [-0.25, -0.2) is 9.97 Å². The first-order valence-electron chi connectivity index (χ1n) is 8.44. The van der Waals surface area contributed by atoms with Crippen LogP contribution in [-0.2, 0) is 4.74 Å². The highest BCUT2D eigenvalue weighted by Crippen LogP contribution is 2.38. The average molecular weight is 477 g/mol. The summed E-state index contributed by atoms with van der Waals surface area (Å²) < 4.78 is 6.68. The van der Waals surface area contributed by atoms with Crippen molar-refractivity contribution in [3.05, 3.63) is 50.2 Å². The van der Waals surface area contributed by atoms with Crippen LogP contribution in [-0.4, -0.2) is 35.1 Å². The molecule has 5 nitrogen and oxygen atoms in total. The summed E-state index contributed by atoms with van der Waals surface area (Å²) in [6.45, 7) is 0.999.